The van der Waals surface area contributed by atoms with E-state index in [9.17, 15) is 5.11 Å². The molecule has 0 aromatic rings. The number of hydrogen-bond donors (Lipinski definition) is 2. The number of rotatable bonds is 9. The fourth-order valence-corrected chi connectivity index (χ4v) is 1.59. The molecule has 0 aliphatic rings. The molecule has 98 valence electrons. The SMILES string of the molecule is COC[C@@H](O)[C@@H](OC)[C@H](OC)[C@@H](CO)OC. The van der Waals surface area contributed by atoms with Gasteiger partial charge in [0.15, 0.2) is 0 Å². The van der Waals surface area contributed by atoms with Gasteiger partial charge in [-0.3, -0.25) is 0 Å². The molecule has 0 aliphatic carbocycles. The fraction of sp³-hybridized carbons (Fsp3) is 1.00. The van der Waals surface area contributed by atoms with Gasteiger partial charge in [0.2, 0.25) is 0 Å². The quantitative estimate of drug-likeness (QED) is 0.538. The lowest BCUT2D eigenvalue weighted by Crippen LogP contribution is -2.50. The zero-order valence-corrected chi connectivity index (χ0v) is 10.3. The Hall–Kier alpha value is -0.240. The van der Waals surface area contributed by atoms with Crippen LogP contribution < -0.4 is 0 Å². The monoisotopic (exact) mass is 238 g/mol. The van der Waals surface area contributed by atoms with Crippen molar-refractivity contribution in [2.45, 2.75) is 24.4 Å². The van der Waals surface area contributed by atoms with Crippen LogP contribution in [0.4, 0.5) is 0 Å². The lowest BCUT2D eigenvalue weighted by Gasteiger charge is -2.32. The van der Waals surface area contributed by atoms with Crippen molar-refractivity contribution in [3.8, 4) is 0 Å². The zero-order chi connectivity index (χ0) is 12.6. The summed E-state index contributed by atoms with van der Waals surface area (Å²) >= 11 is 0. The topological polar surface area (TPSA) is 77.4 Å². The third-order valence-electron chi connectivity index (χ3n) is 2.43. The van der Waals surface area contributed by atoms with Crippen LogP contribution in [0.25, 0.3) is 0 Å². The minimum Gasteiger partial charge on any atom is -0.394 e. The number of hydrogen-bond acceptors (Lipinski definition) is 6. The highest BCUT2D eigenvalue weighted by Gasteiger charge is 2.34. The molecule has 0 unspecified atom stereocenters. The second-order valence-corrected chi connectivity index (χ2v) is 3.38. The molecule has 2 N–H and O–H groups in total. The lowest BCUT2D eigenvalue weighted by molar-refractivity contribution is -0.158. The Morgan fingerprint density at radius 1 is 0.938 bits per heavy atom. The highest BCUT2D eigenvalue weighted by atomic mass is 16.6. The maximum atomic E-state index is 9.78. The van der Waals surface area contributed by atoms with E-state index in [1.165, 1.54) is 28.4 Å². The van der Waals surface area contributed by atoms with Crippen LogP contribution in [0.3, 0.4) is 0 Å². The zero-order valence-electron chi connectivity index (χ0n) is 10.3. The van der Waals surface area contributed by atoms with Crippen molar-refractivity contribution in [3.63, 3.8) is 0 Å². The second kappa shape index (κ2) is 8.86. The highest BCUT2D eigenvalue weighted by Crippen LogP contribution is 2.14. The Balaban J connectivity index is 4.59. The van der Waals surface area contributed by atoms with Crippen LogP contribution in [-0.2, 0) is 18.9 Å². The van der Waals surface area contributed by atoms with E-state index < -0.39 is 24.4 Å². The predicted molar refractivity (Wildman–Crippen MR) is 57.4 cm³/mol. The summed E-state index contributed by atoms with van der Waals surface area (Å²) in [5, 5.41) is 18.9. The minimum atomic E-state index is -0.843. The van der Waals surface area contributed by atoms with E-state index in [4.69, 9.17) is 24.1 Å². The van der Waals surface area contributed by atoms with Crippen LogP contribution in [-0.4, -0.2) is 76.3 Å². The smallest absolute Gasteiger partial charge is 0.114 e. The van der Waals surface area contributed by atoms with Crippen LogP contribution in [0.5, 0.6) is 0 Å². The molecule has 4 atom stereocenters. The Bertz CT molecular complexity index is 161. The summed E-state index contributed by atoms with van der Waals surface area (Å²) in [6.07, 6.45) is -2.59. The van der Waals surface area contributed by atoms with E-state index in [-0.39, 0.29) is 13.2 Å². The first-order valence-electron chi connectivity index (χ1n) is 5.02. The van der Waals surface area contributed by atoms with Gasteiger partial charge in [-0.1, -0.05) is 0 Å². The van der Waals surface area contributed by atoms with Crippen molar-refractivity contribution in [1.29, 1.82) is 0 Å². The molecule has 0 aromatic heterocycles. The Morgan fingerprint density at radius 2 is 1.50 bits per heavy atom. The number of methoxy groups -OCH3 is 4. The molecule has 0 heterocycles. The summed E-state index contributed by atoms with van der Waals surface area (Å²) in [5.41, 5.74) is 0. The van der Waals surface area contributed by atoms with Gasteiger partial charge in [0.05, 0.1) is 13.2 Å². The first kappa shape index (κ1) is 15.8. The third-order valence-corrected chi connectivity index (χ3v) is 2.43. The van der Waals surface area contributed by atoms with Gasteiger partial charge in [-0.05, 0) is 0 Å². The summed E-state index contributed by atoms with van der Waals surface area (Å²) < 4.78 is 20.2. The maximum absolute atomic E-state index is 9.78. The van der Waals surface area contributed by atoms with Crippen molar-refractivity contribution in [2.75, 3.05) is 41.7 Å². The standard InChI is InChI=1S/C10H22O6/c1-13-6-7(12)9(15-3)10(16-4)8(5-11)14-2/h7-12H,5-6H2,1-4H3/t7-,8-,9-,10-/m1/s1. The fourth-order valence-electron chi connectivity index (χ4n) is 1.59. The largest absolute Gasteiger partial charge is 0.394 e. The van der Waals surface area contributed by atoms with Crippen molar-refractivity contribution < 1.29 is 29.2 Å². The first-order valence-corrected chi connectivity index (χ1v) is 5.02. The normalized spacial score (nSPS) is 19.1. The van der Waals surface area contributed by atoms with Crippen LogP contribution in [0.1, 0.15) is 0 Å². The molecule has 16 heavy (non-hydrogen) atoms. The average molecular weight is 238 g/mol. The van der Waals surface area contributed by atoms with Crippen molar-refractivity contribution in [3.05, 3.63) is 0 Å². The second-order valence-electron chi connectivity index (χ2n) is 3.38. The molecular weight excluding hydrogens is 216 g/mol. The van der Waals surface area contributed by atoms with Crippen LogP contribution in [0.15, 0.2) is 0 Å². The maximum Gasteiger partial charge on any atom is 0.114 e. The minimum absolute atomic E-state index is 0.125. The molecule has 0 saturated carbocycles. The van der Waals surface area contributed by atoms with Crippen LogP contribution in [0, 0.1) is 0 Å². The number of aliphatic hydroxyl groups is 2. The lowest BCUT2D eigenvalue weighted by atomic mass is 10.0. The molecule has 0 bridgehead atoms. The molecule has 6 nitrogen and oxygen atoms in total. The van der Waals surface area contributed by atoms with E-state index in [0.717, 1.165) is 0 Å². The number of aliphatic hydroxyl groups excluding tert-OH is 2. The van der Waals surface area contributed by atoms with Crippen molar-refractivity contribution in [2.24, 2.45) is 0 Å². The Morgan fingerprint density at radius 3 is 1.81 bits per heavy atom. The summed E-state index contributed by atoms with van der Waals surface area (Å²) in [7, 11) is 5.87. The molecule has 0 spiro atoms. The predicted octanol–water partition coefficient (Wildman–Crippen LogP) is -0.969. The van der Waals surface area contributed by atoms with Crippen molar-refractivity contribution in [1.82, 2.24) is 0 Å². The molecule has 0 fully saturated rings. The van der Waals surface area contributed by atoms with Crippen LogP contribution in [0.2, 0.25) is 0 Å². The van der Waals surface area contributed by atoms with Gasteiger partial charge in [-0.15, -0.1) is 0 Å². The summed E-state index contributed by atoms with van der Waals surface area (Å²) in [4.78, 5) is 0. The van der Waals surface area contributed by atoms with E-state index in [1.807, 2.05) is 0 Å². The summed E-state index contributed by atoms with van der Waals surface area (Å²) in [6.45, 7) is -0.0885. The molecule has 0 rings (SSSR count). The first-order chi connectivity index (χ1) is 7.65. The molecule has 0 aromatic carbocycles. The van der Waals surface area contributed by atoms with Crippen LogP contribution >= 0.6 is 0 Å². The molecule has 6 heteroatoms. The van der Waals surface area contributed by atoms with Gasteiger partial charge in [-0.25, -0.2) is 0 Å². The molecule has 0 saturated heterocycles. The van der Waals surface area contributed by atoms with E-state index in [1.54, 1.807) is 0 Å². The summed E-state index contributed by atoms with van der Waals surface area (Å²) in [6, 6.07) is 0. The van der Waals surface area contributed by atoms with Gasteiger partial charge in [0.25, 0.3) is 0 Å². The average Bonchev–Trinajstić information content (AvgIpc) is 2.29. The van der Waals surface area contributed by atoms with Gasteiger partial charge < -0.3 is 29.2 Å². The third kappa shape index (κ3) is 4.32. The molecular formula is C10H22O6. The Labute approximate surface area is 96.1 Å². The van der Waals surface area contributed by atoms with Crippen molar-refractivity contribution >= 4 is 0 Å². The van der Waals surface area contributed by atoms with E-state index in [2.05, 4.69) is 0 Å². The van der Waals surface area contributed by atoms with Gasteiger partial charge in [0, 0.05) is 28.4 Å². The van der Waals surface area contributed by atoms with Gasteiger partial charge in [-0.2, -0.15) is 0 Å². The molecule has 0 aliphatic heterocycles. The molecule has 0 radical (unpaired) electrons. The highest BCUT2D eigenvalue weighted by molar-refractivity contribution is 4.84. The van der Waals surface area contributed by atoms with E-state index in [0.29, 0.717) is 0 Å². The van der Waals surface area contributed by atoms with Gasteiger partial charge >= 0.3 is 0 Å². The van der Waals surface area contributed by atoms with Gasteiger partial charge in [0.1, 0.15) is 24.4 Å². The molecule has 0 amide bonds. The Kier molecular flexibility index (Phi) is 8.73. The number of ether oxygens (including phenoxy) is 4. The summed E-state index contributed by atoms with van der Waals surface area (Å²) in [5.74, 6) is 0. The van der Waals surface area contributed by atoms with E-state index >= 15 is 0 Å².